The molecule has 0 amide bonds. The fourth-order valence-corrected chi connectivity index (χ4v) is 1.58. The number of aliphatic hydroxyl groups excluding tert-OH is 1. The number of aliphatic hydroxyl groups is 1. The van der Waals surface area contributed by atoms with E-state index in [0.717, 1.165) is 11.5 Å². The smallest absolute Gasteiger partial charge is 0.320 e. The molecule has 0 bridgehead atoms. The van der Waals surface area contributed by atoms with Gasteiger partial charge in [-0.1, -0.05) is 0 Å². The Hall–Kier alpha value is -0.300. The van der Waals surface area contributed by atoms with Crippen molar-refractivity contribution in [1.82, 2.24) is 0 Å². The normalized spacial score (nSPS) is 12.7. The number of nitrogens with two attached hydrogens (primary N) is 1. The predicted octanol–water partition coefficient (Wildman–Crippen LogP) is -0.470. The SMILES string of the molecule is NC(CCSCCOCCO)C(=O)O. The van der Waals surface area contributed by atoms with Gasteiger partial charge in [-0.3, -0.25) is 4.79 Å². The zero-order valence-electron chi connectivity index (χ0n) is 8.02. The topological polar surface area (TPSA) is 92.8 Å². The van der Waals surface area contributed by atoms with Gasteiger partial charge in [-0.25, -0.2) is 0 Å². The second kappa shape index (κ2) is 9.26. The molecule has 0 saturated carbocycles. The minimum absolute atomic E-state index is 0.0363. The van der Waals surface area contributed by atoms with Crippen LogP contribution in [0.2, 0.25) is 0 Å². The van der Waals surface area contributed by atoms with Crippen LogP contribution in [0.5, 0.6) is 0 Å². The lowest BCUT2D eigenvalue weighted by molar-refractivity contribution is -0.138. The van der Waals surface area contributed by atoms with Crippen LogP contribution in [-0.4, -0.2) is 53.6 Å². The van der Waals surface area contributed by atoms with E-state index in [1.165, 1.54) is 0 Å². The molecule has 0 aliphatic rings. The molecule has 0 aromatic heterocycles. The van der Waals surface area contributed by atoms with Gasteiger partial charge in [0.25, 0.3) is 0 Å². The van der Waals surface area contributed by atoms with Crippen molar-refractivity contribution in [1.29, 1.82) is 0 Å². The molecule has 0 radical (unpaired) electrons. The van der Waals surface area contributed by atoms with E-state index in [1.54, 1.807) is 11.8 Å². The molecule has 0 saturated heterocycles. The lowest BCUT2D eigenvalue weighted by atomic mass is 10.2. The van der Waals surface area contributed by atoms with Crippen LogP contribution >= 0.6 is 11.8 Å². The molecule has 1 unspecified atom stereocenters. The van der Waals surface area contributed by atoms with E-state index in [9.17, 15) is 4.79 Å². The summed E-state index contributed by atoms with van der Waals surface area (Å²) in [5.74, 6) is 0.560. The molecule has 0 aliphatic heterocycles. The van der Waals surface area contributed by atoms with Gasteiger partial charge in [0.2, 0.25) is 0 Å². The summed E-state index contributed by atoms with van der Waals surface area (Å²) in [6, 6.07) is -0.763. The van der Waals surface area contributed by atoms with E-state index in [1.807, 2.05) is 0 Å². The summed E-state index contributed by atoms with van der Waals surface area (Å²) in [5.41, 5.74) is 5.30. The maximum atomic E-state index is 10.3. The first-order valence-corrected chi connectivity index (χ1v) is 5.58. The average molecular weight is 223 g/mol. The number of aliphatic carboxylic acids is 1. The highest BCUT2D eigenvalue weighted by Gasteiger charge is 2.09. The van der Waals surface area contributed by atoms with Crippen molar-refractivity contribution < 1.29 is 19.7 Å². The third kappa shape index (κ3) is 8.31. The molecule has 4 N–H and O–H groups in total. The summed E-state index contributed by atoms with van der Waals surface area (Å²) >= 11 is 1.60. The number of hydrogen-bond donors (Lipinski definition) is 3. The maximum absolute atomic E-state index is 10.3. The van der Waals surface area contributed by atoms with Crippen LogP contribution in [0, 0.1) is 0 Å². The van der Waals surface area contributed by atoms with Crippen LogP contribution in [0.3, 0.4) is 0 Å². The standard InChI is InChI=1S/C8H17NO4S/c9-7(8(11)12)1-5-14-6-4-13-3-2-10/h7,10H,1-6,9H2,(H,11,12). The molecule has 6 heteroatoms. The van der Waals surface area contributed by atoms with Gasteiger partial charge in [0.1, 0.15) is 6.04 Å². The highest BCUT2D eigenvalue weighted by atomic mass is 32.2. The zero-order chi connectivity index (χ0) is 10.8. The fourth-order valence-electron chi connectivity index (χ4n) is 0.720. The van der Waals surface area contributed by atoms with Crippen molar-refractivity contribution in [3.63, 3.8) is 0 Å². The van der Waals surface area contributed by atoms with E-state index in [-0.39, 0.29) is 6.61 Å². The van der Waals surface area contributed by atoms with Gasteiger partial charge in [0.15, 0.2) is 0 Å². The van der Waals surface area contributed by atoms with E-state index in [0.29, 0.717) is 19.6 Å². The van der Waals surface area contributed by atoms with Gasteiger partial charge < -0.3 is 20.7 Å². The van der Waals surface area contributed by atoms with Gasteiger partial charge in [0.05, 0.1) is 19.8 Å². The first-order valence-electron chi connectivity index (χ1n) is 4.43. The fraction of sp³-hybridized carbons (Fsp3) is 0.875. The minimum atomic E-state index is -0.956. The first kappa shape index (κ1) is 13.7. The zero-order valence-corrected chi connectivity index (χ0v) is 8.83. The van der Waals surface area contributed by atoms with Gasteiger partial charge in [-0.05, 0) is 12.2 Å². The molecule has 0 aromatic carbocycles. The summed E-state index contributed by atoms with van der Waals surface area (Å²) < 4.78 is 5.02. The Morgan fingerprint density at radius 1 is 1.43 bits per heavy atom. The molecule has 0 aromatic rings. The third-order valence-electron chi connectivity index (χ3n) is 1.50. The number of carbonyl (C=O) groups is 1. The van der Waals surface area contributed by atoms with Crippen LogP contribution in [0.15, 0.2) is 0 Å². The van der Waals surface area contributed by atoms with Crippen LogP contribution in [-0.2, 0) is 9.53 Å². The number of ether oxygens (including phenoxy) is 1. The Balaban J connectivity index is 3.09. The monoisotopic (exact) mass is 223 g/mol. The molecule has 0 fully saturated rings. The average Bonchev–Trinajstić information content (AvgIpc) is 2.16. The number of hydrogen-bond acceptors (Lipinski definition) is 5. The Labute approximate surface area is 87.6 Å². The van der Waals surface area contributed by atoms with Crippen LogP contribution in [0.4, 0.5) is 0 Å². The molecular weight excluding hydrogens is 206 g/mol. The third-order valence-corrected chi connectivity index (χ3v) is 2.48. The Bertz CT molecular complexity index is 156. The van der Waals surface area contributed by atoms with Gasteiger partial charge in [-0.2, -0.15) is 11.8 Å². The number of thioether (sulfide) groups is 1. The van der Waals surface area contributed by atoms with Crippen LogP contribution in [0.1, 0.15) is 6.42 Å². The van der Waals surface area contributed by atoms with Gasteiger partial charge in [-0.15, -0.1) is 0 Å². The molecule has 5 nitrogen and oxygen atoms in total. The molecular formula is C8H17NO4S. The van der Waals surface area contributed by atoms with Crippen LogP contribution < -0.4 is 5.73 Å². The van der Waals surface area contributed by atoms with Gasteiger partial charge in [0, 0.05) is 5.75 Å². The maximum Gasteiger partial charge on any atom is 0.320 e. The molecule has 1 atom stereocenters. The largest absolute Gasteiger partial charge is 0.480 e. The van der Waals surface area contributed by atoms with Crippen LogP contribution in [0.25, 0.3) is 0 Å². The predicted molar refractivity (Wildman–Crippen MR) is 55.5 cm³/mol. The molecule has 84 valence electrons. The summed E-state index contributed by atoms with van der Waals surface area (Å²) in [4.78, 5) is 10.3. The summed E-state index contributed by atoms with van der Waals surface area (Å²) in [5, 5.41) is 16.9. The summed E-state index contributed by atoms with van der Waals surface area (Å²) in [6.45, 7) is 0.970. The Morgan fingerprint density at radius 3 is 2.71 bits per heavy atom. The van der Waals surface area contributed by atoms with E-state index in [2.05, 4.69) is 0 Å². The minimum Gasteiger partial charge on any atom is -0.480 e. The lowest BCUT2D eigenvalue weighted by Crippen LogP contribution is -2.30. The van der Waals surface area contributed by atoms with Gasteiger partial charge >= 0.3 is 5.97 Å². The summed E-state index contributed by atoms with van der Waals surface area (Å²) in [7, 11) is 0. The molecule has 0 rings (SSSR count). The Kier molecular flexibility index (Phi) is 9.06. The van der Waals surface area contributed by atoms with Crippen molar-refractivity contribution in [3.8, 4) is 0 Å². The summed E-state index contributed by atoms with van der Waals surface area (Å²) in [6.07, 6.45) is 0.472. The second-order valence-corrected chi connectivity index (χ2v) is 3.91. The molecule has 0 aliphatic carbocycles. The van der Waals surface area contributed by atoms with E-state index in [4.69, 9.17) is 20.7 Å². The number of carboxylic acids is 1. The quantitative estimate of drug-likeness (QED) is 0.458. The molecule has 14 heavy (non-hydrogen) atoms. The number of carboxylic acid groups (broad SMARTS) is 1. The van der Waals surface area contributed by atoms with Crippen molar-refractivity contribution in [3.05, 3.63) is 0 Å². The van der Waals surface area contributed by atoms with Crippen molar-refractivity contribution in [2.75, 3.05) is 31.3 Å². The van der Waals surface area contributed by atoms with Crippen molar-refractivity contribution in [2.45, 2.75) is 12.5 Å². The molecule has 0 heterocycles. The highest BCUT2D eigenvalue weighted by molar-refractivity contribution is 7.99. The van der Waals surface area contributed by atoms with Crippen molar-refractivity contribution in [2.24, 2.45) is 5.73 Å². The Morgan fingerprint density at radius 2 is 2.14 bits per heavy atom. The van der Waals surface area contributed by atoms with Crippen molar-refractivity contribution >= 4 is 17.7 Å². The molecule has 0 spiro atoms. The highest BCUT2D eigenvalue weighted by Crippen LogP contribution is 2.03. The first-order chi connectivity index (χ1) is 6.68. The van der Waals surface area contributed by atoms with E-state index < -0.39 is 12.0 Å². The second-order valence-electron chi connectivity index (χ2n) is 2.68. The van der Waals surface area contributed by atoms with E-state index >= 15 is 0 Å². The number of rotatable bonds is 9. The lowest BCUT2D eigenvalue weighted by Gasteiger charge is -2.05.